The maximum atomic E-state index is 12.9. The molecular weight excluding hydrogens is 360 g/mol. The number of rotatable bonds is 6. The molecule has 0 saturated heterocycles. The summed E-state index contributed by atoms with van der Waals surface area (Å²) in [5.74, 6) is 0.555. The Labute approximate surface area is 150 Å². The van der Waals surface area contributed by atoms with Crippen molar-refractivity contribution in [2.24, 2.45) is 0 Å². The van der Waals surface area contributed by atoms with Crippen LogP contribution in [0.5, 0.6) is 11.5 Å². The number of ether oxygens (including phenoxy) is 2. The van der Waals surface area contributed by atoms with Gasteiger partial charge in [-0.2, -0.15) is 0 Å². The van der Waals surface area contributed by atoms with Crippen LogP contribution >= 0.6 is 11.3 Å². The molecule has 8 heteroatoms. The topological polar surface area (TPSA) is 78.4 Å². The summed E-state index contributed by atoms with van der Waals surface area (Å²) in [4.78, 5) is 9.22. The van der Waals surface area contributed by atoms with Crippen molar-refractivity contribution in [2.45, 2.75) is 10.6 Å². The van der Waals surface area contributed by atoms with Gasteiger partial charge >= 0.3 is 0 Å². The number of thiazole rings is 1. The molecule has 2 heterocycles. The van der Waals surface area contributed by atoms with Crippen LogP contribution in [0, 0.1) is 0 Å². The third kappa shape index (κ3) is 3.80. The highest BCUT2D eigenvalue weighted by molar-refractivity contribution is 7.90. The lowest BCUT2D eigenvalue weighted by Crippen LogP contribution is -2.07. The first-order valence-electron chi connectivity index (χ1n) is 7.31. The molecule has 0 aliphatic carbocycles. The zero-order valence-corrected chi connectivity index (χ0v) is 15.3. The first-order valence-corrected chi connectivity index (χ1v) is 9.84. The summed E-state index contributed by atoms with van der Waals surface area (Å²) in [6.45, 7) is 0. The van der Waals surface area contributed by atoms with Gasteiger partial charge in [0.1, 0.15) is 16.4 Å². The molecule has 0 aliphatic rings. The molecule has 2 aromatic heterocycles. The predicted molar refractivity (Wildman–Crippen MR) is 95.8 cm³/mol. The van der Waals surface area contributed by atoms with E-state index >= 15 is 0 Å². The minimum atomic E-state index is -3.63. The van der Waals surface area contributed by atoms with Crippen molar-refractivity contribution in [1.82, 2.24) is 9.97 Å². The number of hydrogen-bond acceptors (Lipinski definition) is 7. The van der Waals surface area contributed by atoms with E-state index in [4.69, 9.17) is 9.47 Å². The maximum absolute atomic E-state index is 12.9. The Bertz CT molecular complexity index is 970. The Balaban J connectivity index is 1.96. The summed E-state index contributed by atoms with van der Waals surface area (Å²) in [7, 11) is -0.707. The van der Waals surface area contributed by atoms with Crippen LogP contribution < -0.4 is 9.47 Å². The molecule has 1 aromatic carbocycles. The fourth-order valence-corrected chi connectivity index (χ4v) is 4.49. The van der Waals surface area contributed by atoms with Crippen molar-refractivity contribution >= 4 is 21.2 Å². The van der Waals surface area contributed by atoms with E-state index in [1.165, 1.54) is 31.6 Å². The smallest absolute Gasteiger partial charge is 0.186 e. The lowest BCUT2D eigenvalue weighted by molar-refractivity contribution is 0.392. The molecule has 0 bridgehead atoms. The van der Waals surface area contributed by atoms with Gasteiger partial charge in [-0.15, -0.1) is 11.3 Å². The van der Waals surface area contributed by atoms with E-state index in [9.17, 15) is 8.42 Å². The van der Waals surface area contributed by atoms with Crippen LogP contribution in [0.25, 0.3) is 10.4 Å². The Morgan fingerprint density at radius 3 is 2.56 bits per heavy atom. The van der Waals surface area contributed by atoms with E-state index in [1.54, 1.807) is 36.2 Å². The maximum Gasteiger partial charge on any atom is 0.186 e. The summed E-state index contributed by atoms with van der Waals surface area (Å²) in [6.07, 6.45) is 4.97. The highest BCUT2D eigenvalue weighted by Gasteiger charge is 2.22. The van der Waals surface area contributed by atoms with Crippen molar-refractivity contribution < 1.29 is 17.9 Å². The summed E-state index contributed by atoms with van der Waals surface area (Å²) in [5.41, 5.74) is 3.16. The molecule has 130 valence electrons. The third-order valence-corrected chi connectivity index (χ3v) is 6.10. The number of sulfone groups is 1. The third-order valence-electron chi connectivity index (χ3n) is 3.57. The van der Waals surface area contributed by atoms with Crippen LogP contribution in [0.1, 0.15) is 5.56 Å². The first-order chi connectivity index (χ1) is 12.0. The molecule has 0 saturated carbocycles. The number of nitrogens with zero attached hydrogens (tertiary/aromatic N) is 2. The lowest BCUT2D eigenvalue weighted by atomic mass is 10.2. The minimum absolute atomic E-state index is 0.0949. The Kier molecular flexibility index (Phi) is 5.00. The summed E-state index contributed by atoms with van der Waals surface area (Å²) >= 11 is 1.47. The SMILES string of the molecule is COc1ccc(OC)c(S(=O)(=O)Cc2cncc(-c3cncs3)c2)c1. The zero-order chi connectivity index (χ0) is 17.9. The number of hydrogen-bond donors (Lipinski definition) is 0. The van der Waals surface area contributed by atoms with Crippen LogP contribution in [-0.4, -0.2) is 32.6 Å². The van der Waals surface area contributed by atoms with Gasteiger partial charge in [0.15, 0.2) is 9.84 Å². The molecule has 3 aromatic rings. The standard InChI is InChI=1S/C17H16N2O4S2/c1-22-14-3-4-15(23-2)17(6-14)25(20,21)10-12-5-13(8-18-7-12)16-9-19-11-24-16/h3-9,11H,10H2,1-2H3. The summed E-state index contributed by atoms with van der Waals surface area (Å²) in [5, 5.41) is 0. The molecule has 0 amide bonds. The second kappa shape index (κ2) is 7.20. The molecule has 0 fully saturated rings. The van der Waals surface area contributed by atoms with Gasteiger partial charge in [0, 0.05) is 30.2 Å². The van der Waals surface area contributed by atoms with Gasteiger partial charge in [0.2, 0.25) is 0 Å². The van der Waals surface area contributed by atoms with Crippen LogP contribution in [0.2, 0.25) is 0 Å². The highest BCUT2D eigenvalue weighted by Crippen LogP contribution is 2.31. The number of methoxy groups -OCH3 is 2. The summed E-state index contributed by atoms with van der Waals surface area (Å²) < 4.78 is 36.1. The lowest BCUT2D eigenvalue weighted by Gasteiger charge is -2.11. The summed E-state index contributed by atoms with van der Waals surface area (Å²) in [6, 6.07) is 6.51. The number of pyridine rings is 1. The van der Waals surface area contributed by atoms with Crippen molar-refractivity contribution in [2.75, 3.05) is 14.2 Å². The second-order valence-corrected chi connectivity index (χ2v) is 8.07. The van der Waals surface area contributed by atoms with E-state index < -0.39 is 9.84 Å². The molecule has 0 N–H and O–H groups in total. The molecular formula is C17H16N2O4S2. The fourth-order valence-electron chi connectivity index (χ4n) is 2.38. The largest absolute Gasteiger partial charge is 0.497 e. The normalized spacial score (nSPS) is 11.3. The predicted octanol–water partition coefficient (Wildman–Crippen LogP) is 3.20. The van der Waals surface area contributed by atoms with Crippen LogP contribution in [0.15, 0.2) is 53.3 Å². The van der Waals surface area contributed by atoms with Gasteiger partial charge in [-0.1, -0.05) is 0 Å². The molecule has 3 rings (SSSR count). The Hall–Kier alpha value is -2.45. The number of aromatic nitrogens is 2. The molecule has 0 atom stereocenters. The van der Waals surface area contributed by atoms with E-state index in [2.05, 4.69) is 9.97 Å². The minimum Gasteiger partial charge on any atom is -0.497 e. The monoisotopic (exact) mass is 376 g/mol. The van der Waals surface area contributed by atoms with Crippen molar-refractivity contribution in [3.8, 4) is 21.9 Å². The van der Waals surface area contributed by atoms with Crippen LogP contribution in [-0.2, 0) is 15.6 Å². The molecule has 0 unspecified atom stereocenters. The second-order valence-electron chi connectivity index (χ2n) is 5.22. The average molecular weight is 376 g/mol. The van der Waals surface area contributed by atoms with Crippen molar-refractivity contribution in [3.63, 3.8) is 0 Å². The van der Waals surface area contributed by atoms with Crippen molar-refractivity contribution in [3.05, 3.63) is 53.9 Å². The van der Waals surface area contributed by atoms with Crippen molar-refractivity contribution in [1.29, 1.82) is 0 Å². The Morgan fingerprint density at radius 2 is 1.88 bits per heavy atom. The average Bonchev–Trinajstić information content (AvgIpc) is 3.15. The Morgan fingerprint density at radius 1 is 1.04 bits per heavy atom. The van der Waals surface area contributed by atoms with Gasteiger partial charge in [-0.25, -0.2) is 8.42 Å². The molecule has 0 aliphatic heterocycles. The van der Waals surface area contributed by atoms with Gasteiger partial charge in [-0.05, 0) is 23.8 Å². The molecule has 0 radical (unpaired) electrons. The van der Waals surface area contributed by atoms with Gasteiger partial charge < -0.3 is 9.47 Å². The molecule has 6 nitrogen and oxygen atoms in total. The van der Waals surface area contributed by atoms with Gasteiger partial charge in [0.05, 0.1) is 30.4 Å². The highest BCUT2D eigenvalue weighted by atomic mass is 32.2. The quantitative estimate of drug-likeness (QED) is 0.657. The number of benzene rings is 1. The van der Waals surface area contributed by atoms with Crippen LogP contribution in [0.3, 0.4) is 0 Å². The van der Waals surface area contributed by atoms with Gasteiger partial charge in [0.25, 0.3) is 0 Å². The van der Waals surface area contributed by atoms with E-state index in [1.807, 2.05) is 6.07 Å². The van der Waals surface area contributed by atoms with Gasteiger partial charge in [-0.3, -0.25) is 9.97 Å². The van der Waals surface area contributed by atoms with E-state index in [-0.39, 0.29) is 16.4 Å². The van der Waals surface area contributed by atoms with E-state index in [0.29, 0.717) is 11.3 Å². The fraction of sp³-hybridized carbons (Fsp3) is 0.176. The van der Waals surface area contributed by atoms with E-state index in [0.717, 1.165) is 10.4 Å². The zero-order valence-electron chi connectivity index (χ0n) is 13.7. The first kappa shape index (κ1) is 17.4. The van der Waals surface area contributed by atoms with Crippen LogP contribution in [0.4, 0.5) is 0 Å². The molecule has 25 heavy (non-hydrogen) atoms. The molecule has 0 spiro atoms.